The number of rotatable bonds is 6. The SMILES string of the molecule is CCCC(C)n1cc(CCCO)nn1. The summed E-state index contributed by atoms with van der Waals surface area (Å²) in [5.74, 6) is 0. The summed E-state index contributed by atoms with van der Waals surface area (Å²) in [6, 6.07) is 0.426. The van der Waals surface area contributed by atoms with Crippen molar-refractivity contribution >= 4 is 0 Å². The highest BCUT2D eigenvalue weighted by atomic mass is 16.2. The first-order valence-corrected chi connectivity index (χ1v) is 5.29. The number of aryl methyl sites for hydroxylation is 1. The summed E-state index contributed by atoms with van der Waals surface area (Å²) in [5.41, 5.74) is 0.974. The van der Waals surface area contributed by atoms with Gasteiger partial charge in [0.2, 0.25) is 0 Å². The summed E-state index contributed by atoms with van der Waals surface area (Å²) < 4.78 is 1.91. The van der Waals surface area contributed by atoms with Gasteiger partial charge in [-0.25, -0.2) is 4.68 Å². The maximum Gasteiger partial charge on any atom is 0.0828 e. The van der Waals surface area contributed by atoms with Crippen molar-refractivity contribution in [2.75, 3.05) is 6.61 Å². The van der Waals surface area contributed by atoms with Crippen LogP contribution >= 0.6 is 0 Å². The van der Waals surface area contributed by atoms with Crippen molar-refractivity contribution in [2.45, 2.75) is 45.6 Å². The fourth-order valence-corrected chi connectivity index (χ4v) is 1.45. The minimum atomic E-state index is 0.220. The van der Waals surface area contributed by atoms with Gasteiger partial charge in [0.1, 0.15) is 0 Å². The first-order valence-electron chi connectivity index (χ1n) is 5.29. The molecule has 0 radical (unpaired) electrons. The predicted octanol–water partition coefficient (Wildman–Crippen LogP) is 1.56. The Morgan fingerprint density at radius 1 is 1.57 bits per heavy atom. The lowest BCUT2D eigenvalue weighted by atomic mass is 10.2. The monoisotopic (exact) mass is 197 g/mol. The second-order valence-corrected chi connectivity index (χ2v) is 3.65. The van der Waals surface area contributed by atoms with Gasteiger partial charge in [0, 0.05) is 12.8 Å². The lowest BCUT2D eigenvalue weighted by Gasteiger charge is -2.08. The van der Waals surface area contributed by atoms with E-state index in [0.29, 0.717) is 6.04 Å². The fourth-order valence-electron chi connectivity index (χ4n) is 1.45. The van der Waals surface area contributed by atoms with Gasteiger partial charge in [-0.3, -0.25) is 0 Å². The molecule has 4 heteroatoms. The standard InChI is InChI=1S/C10H19N3O/c1-3-5-9(2)13-8-10(11-12-13)6-4-7-14/h8-9,14H,3-7H2,1-2H3. The van der Waals surface area contributed by atoms with Crippen LogP contribution in [-0.4, -0.2) is 26.7 Å². The second-order valence-electron chi connectivity index (χ2n) is 3.65. The Balaban J connectivity index is 2.49. The molecule has 0 spiro atoms. The topological polar surface area (TPSA) is 50.9 Å². The number of aliphatic hydroxyl groups excluding tert-OH is 1. The largest absolute Gasteiger partial charge is 0.396 e. The van der Waals surface area contributed by atoms with Crippen molar-refractivity contribution in [1.29, 1.82) is 0 Å². The Bertz CT molecular complexity index is 260. The van der Waals surface area contributed by atoms with E-state index in [1.54, 1.807) is 0 Å². The Hall–Kier alpha value is -0.900. The Morgan fingerprint density at radius 3 is 3.00 bits per heavy atom. The summed E-state index contributed by atoms with van der Waals surface area (Å²) in [6.07, 6.45) is 5.85. The summed E-state index contributed by atoms with van der Waals surface area (Å²) in [6.45, 7) is 4.53. The van der Waals surface area contributed by atoms with Crippen molar-refractivity contribution in [1.82, 2.24) is 15.0 Å². The molecule has 0 saturated carbocycles. The van der Waals surface area contributed by atoms with Crippen LogP contribution < -0.4 is 0 Å². The van der Waals surface area contributed by atoms with Gasteiger partial charge in [0.25, 0.3) is 0 Å². The van der Waals surface area contributed by atoms with Gasteiger partial charge in [-0.1, -0.05) is 18.6 Å². The Kier molecular flexibility index (Phi) is 4.59. The molecule has 1 aromatic heterocycles. The zero-order chi connectivity index (χ0) is 10.4. The lowest BCUT2D eigenvalue weighted by Crippen LogP contribution is -2.05. The van der Waals surface area contributed by atoms with Crippen molar-refractivity contribution in [3.05, 3.63) is 11.9 Å². The third-order valence-electron chi connectivity index (χ3n) is 2.31. The van der Waals surface area contributed by atoms with Gasteiger partial charge in [-0.05, 0) is 26.2 Å². The van der Waals surface area contributed by atoms with Crippen molar-refractivity contribution in [3.8, 4) is 0 Å². The number of hydrogen-bond donors (Lipinski definition) is 1. The van der Waals surface area contributed by atoms with Crippen molar-refractivity contribution < 1.29 is 5.11 Å². The first-order chi connectivity index (χ1) is 6.77. The highest BCUT2D eigenvalue weighted by Crippen LogP contribution is 2.11. The quantitative estimate of drug-likeness (QED) is 0.753. The van der Waals surface area contributed by atoms with E-state index in [2.05, 4.69) is 24.2 Å². The van der Waals surface area contributed by atoms with Gasteiger partial charge >= 0.3 is 0 Å². The molecule has 14 heavy (non-hydrogen) atoms. The van der Waals surface area contributed by atoms with Crippen LogP contribution in [0.2, 0.25) is 0 Å². The molecular weight excluding hydrogens is 178 g/mol. The van der Waals surface area contributed by atoms with Crippen LogP contribution in [0.1, 0.15) is 44.8 Å². The van der Waals surface area contributed by atoms with Crippen LogP contribution in [0, 0.1) is 0 Å². The number of aromatic nitrogens is 3. The van der Waals surface area contributed by atoms with Gasteiger partial charge in [-0.2, -0.15) is 0 Å². The number of nitrogens with zero attached hydrogens (tertiary/aromatic N) is 3. The van der Waals surface area contributed by atoms with Crippen LogP contribution in [0.3, 0.4) is 0 Å². The van der Waals surface area contributed by atoms with Gasteiger partial charge < -0.3 is 5.11 Å². The van der Waals surface area contributed by atoms with Crippen LogP contribution in [0.15, 0.2) is 6.20 Å². The van der Waals surface area contributed by atoms with Crippen LogP contribution in [-0.2, 0) is 6.42 Å². The first kappa shape index (κ1) is 11.2. The molecule has 1 atom stereocenters. The molecule has 80 valence electrons. The normalized spacial score (nSPS) is 13.1. The molecule has 1 N–H and O–H groups in total. The van der Waals surface area contributed by atoms with Gasteiger partial charge in [-0.15, -0.1) is 5.10 Å². The molecule has 0 aromatic carbocycles. The van der Waals surface area contributed by atoms with Crippen molar-refractivity contribution in [3.63, 3.8) is 0 Å². The average Bonchev–Trinajstić information content (AvgIpc) is 2.63. The number of hydrogen-bond acceptors (Lipinski definition) is 3. The third kappa shape index (κ3) is 3.10. The summed E-state index contributed by atoms with van der Waals surface area (Å²) >= 11 is 0. The van der Waals surface area contributed by atoms with Crippen LogP contribution in [0.4, 0.5) is 0 Å². The molecule has 0 aliphatic carbocycles. The Morgan fingerprint density at radius 2 is 2.36 bits per heavy atom. The molecule has 0 amide bonds. The van der Waals surface area contributed by atoms with E-state index in [4.69, 9.17) is 5.11 Å². The van der Waals surface area contributed by atoms with Crippen LogP contribution in [0.25, 0.3) is 0 Å². The molecule has 0 fully saturated rings. The van der Waals surface area contributed by atoms with E-state index < -0.39 is 0 Å². The molecular formula is C10H19N3O. The average molecular weight is 197 g/mol. The highest BCUT2D eigenvalue weighted by Gasteiger charge is 2.06. The van der Waals surface area contributed by atoms with E-state index >= 15 is 0 Å². The molecule has 1 unspecified atom stereocenters. The summed E-state index contributed by atoms with van der Waals surface area (Å²) in [7, 11) is 0. The van der Waals surface area contributed by atoms with Gasteiger partial charge in [0.15, 0.2) is 0 Å². The smallest absolute Gasteiger partial charge is 0.0828 e. The van der Waals surface area contributed by atoms with Crippen molar-refractivity contribution in [2.24, 2.45) is 0 Å². The van der Waals surface area contributed by atoms with E-state index in [-0.39, 0.29) is 6.61 Å². The zero-order valence-electron chi connectivity index (χ0n) is 8.98. The molecule has 0 bridgehead atoms. The predicted molar refractivity (Wildman–Crippen MR) is 55.0 cm³/mol. The second kappa shape index (κ2) is 5.75. The third-order valence-corrected chi connectivity index (χ3v) is 2.31. The number of aliphatic hydroxyl groups is 1. The minimum absolute atomic E-state index is 0.220. The Labute approximate surface area is 84.9 Å². The fraction of sp³-hybridized carbons (Fsp3) is 0.800. The van der Waals surface area contributed by atoms with E-state index in [1.165, 1.54) is 0 Å². The summed E-state index contributed by atoms with van der Waals surface area (Å²) in [5, 5.41) is 16.8. The minimum Gasteiger partial charge on any atom is -0.396 e. The van der Waals surface area contributed by atoms with E-state index in [0.717, 1.165) is 31.4 Å². The molecule has 0 saturated heterocycles. The molecule has 4 nitrogen and oxygen atoms in total. The molecule has 1 rings (SSSR count). The lowest BCUT2D eigenvalue weighted by molar-refractivity contribution is 0.288. The molecule has 1 heterocycles. The highest BCUT2D eigenvalue weighted by molar-refractivity contribution is 4.93. The maximum absolute atomic E-state index is 8.67. The zero-order valence-corrected chi connectivity index (χ0v) is 8.98. The molecule has 0 aliphatic heterocycles. The summed E-state index contributed by atoms with van der Waals surface area (Å²) in [4.78, 5) is 0. The van der Waals surface area contributed by atoms with E-state index in [1.807, 2.05) is 10.9 Å². The van der Waals surface area contributed by atoms with E-state index in [9.17, 15) is 0 Å². The van der Waals surface area contributed by atoms with Gasteiger partial charge in [0.05, 0.1) is 11.7 Å². The van der Waals surface area contributed by atoms with Crippen LogP contribution in [0.5, 0.6) is 0 Å². The maximum atomic E-state index is 8.67. The molecule has 1 aromatic rings. The molecule has 0 aliphatic rings.